The van der Waals surface area contributed by atoms with E-state index in [0.717, 1.165) is 11.1 Å². The van der Waals surface area contributed by atoms with Gasteiger partial charge < -0.3 is 9.51 Å². The number of carbonyl (C=O) groups is 1. The van der Waals surface area contributed by atoms with Gasteiger partial charge >= 0.3 is 5.97 Å². The first kappa shape index (κ1) is 12.0. The van der Waals surface area contributed by atoms with Gasteiger partial charge in [-0.1, -0.05) is 30.0 Å². The predicted molar refractivity (Wildman–Crippen MR) is 74.6 cm³/mol. The molecule has 2 aromatic heterocycles. The molecule has 0 aliphatic rings. The van der Waals surface area contributed by atoms with Crippen LogP contribution in [0.25, 0.3) is 5.65 Å². The van der Waals surface area contributed by atoms with Crippen molar-refractivity contribution in [1.82, 2.24) is 9.38 Å². The van der Waals surface area contributed by atoms with Gasteiger partial charge in [0.2, 0.25) is 0 Å². The summed E-state index contributed by atoms with van der Waals surface area (Å²) < 4.78 is 1.66. The highest BCUT2D eigenvalue weighted by atomic mass is 16.4. The molecule has 3 aromatic rings. The van der Waals surface area contributed by atoms with Crippen molar-refractivity contribution in [2.45, 2.75) is 0 Å². The first-order valence-electron chi connectivity index (χ1n) is 6.01. The van der Waals surface area contributed by atoms with Crippen LogP contribution in [0.3, 0.4) is 0 Å². The van der Waals surface area contributed by atoms with Crippen LogP contribution >= 0.6 is 0 Å². The monoisotopic (exact) mass is 262 g/mol. The van der Waals surface area contributed by atoms with E-state index in [9.17, 15) is 4.79 Å². The number of aromatic carboxylic acids is 1. The molecule has 20 heavy (non-hydrogen) atoms. The Labute approximate surface area is 115 Å². The number of hydrogen-bond acceptors (Lipinski definition) is 2. The number of benzene rings is 1. The fraction of sp³-hybridized carbons (Fsp3) is 0. The number of carboxylic acid groups (broad SMARTS) is 1. The summed E-state index contributed by atoms with van der Waals surface area (Å²) in [6, 6.07) is 13.3. The number of pyridine rings is 1. The number of aromatic nitrogens is 2. The zero-order chi connectivity index (χ0) is 13.9. The smallest absolute Gasteiger partial charge is 0.356 e. The molecule has 2 heterocycles. The zero-order valence-electron chi connectivity index (χ0n) is 10.4. The summed E-state index contributed by atoms with van der Waals surface area (Å²) in [7, 11) is 0. The Balaban J connectivity index is 1.97. The minimum atomic E-state index is -1.04. The summed E-state index contributed by atoms with van der Waals surface area (Å²) in [4.78, 5) is 14.9. The van der Waals surface area contributed by atoms with Crippen LogP contribution in [-0.4, -0.2) is 20.5 Å². The van der Waals surface area contributed by atoms with E-state index >= 15 is 0 Å². The predicted octanol–water partition coefficient (Wildman–Crippen LogP) is 2.43. The molecule has 0 fully saturated rings. The van der Waals surface area contributed by atoms with E-state index in [-0.39, 0.29) is 5.69 Å². The topological polar surface area (TPSA) is 54.6 Å². The normalized spacial score (nSPS) is 10.0. The van der Waals surface area contributed by atoms with Crippen molar-refractivity contribution in [3.63, 3.8) is 0 Å². The summed E-state index contributed by atoms with van der Waals surface area (Å²) >= 11 is 0. The Bertz CT molecular complexity index is 839. The van der Waals surface area contributed by atoms with Gasteiger partial charge in [0.05, 0.1) is 0 Å². The molecule has 0 unspecified atom stereocenters. The van der Waals surface area contributed by atoms with Crippen LogP contribution in [0.5, 0.6) is 0 Å². The average Bonchev–Trinajstić information content (AvgIpc) is 2.89. The van der Waals surface area contributed by atoms with Crippen LogP contribution in [0.15, 0.2) is 54.9 Å². The summed E-state index contributed by atoms with van der Waals surface area (Å²) in [6.45, 7) is 0. The van der Waals surface area contributed by atoms with Gasteiger partial charge in [0.15, 0.2) is 5.69 Å². The van der Waals surface area contributed by atoms with Crippen molar-refractivity contribution in [2.75, 3.05) is 0 Å². The van der Waals surface area contributed by atoms with Gasteiger partial charge in [-0.3, -0.25) is 0 Å². The molecule has 0 radical (unpaired) electrons. The van der Waals surface area contributed by atoms with Crippen molar-refractivity contribution in [3.8, 4) is 11.8 Å². The molecule has 1 N–H and O–H groups in total. The summed E-state index contributed by atoms with van der Waals surface area (Å²) in [5.41, 5.74) is 2.33. The third-order valence-corrected chi connectivity index (χ3v) is 2.80. The van der Waals surface area contributed by atoms with Gasteiger partial charge in [-0.05, 0) is 24.3 Å². The van der Waals surface area contributed by atoms with E-state index in [0.29, 0.717) is 5.65 Å². The maximum Gasteiger partial charge on any atom is 0.356 e. The van der Waals surface area contributed by atoms with Gasteiger partial charge in [0.1, 0.15) is 5.65 Å². The summed E-state index contributed by atoms with van der Waals surface area (Å²) in [6.07, 6.45) is 3.23. The fourth-order valence-corrected chi connectivity index (χ4v) is 1.83. The molecule has 0 bridgehead atoms. The van der Waals surface area contributed by atoms with Gasteiger partial charge in [-0.2, -0.15) is 0 Å². The molecular formula is C16H10N2O2. The van der Waals surface area contributed by atoms with Gasteiger partial charge in [0, 0.05) is 23.5 Å². The standard InChI is InChI=1S/C16H10N2O2/c19-16(20)14-11-18-9-8-13(10-15(18)17-14)7-6-12-4-2-1-3-5-12/h1-5,8-11H,(H,19,20). The van der Waals surface area contributed by atoms with E-state index in [2.05, 4.69) is 16.8 Å². The second-order valence-electron chi connectivity index (χ2n) is 4.23. The molecule has 4 nitrogen and oxygen atoms in total. The van der Waals surface area contributed by atoms with E-state index in [4.69, 9.17) is 5.11 Å². The molecule has 4 heteroatoms. The Hall–Kier alpha value is -3.06. The Morgan fingerprint density at radius 2 is 1.85 bits per heavy atom. The number of hydrogen-bond donors (Lipinski definition) is 1. The number of rotatable bonds is 1. The molecule has 0 spiro atoms. The minimum Gasteiger partial charge on any atom is -0.476 e. The molecule has 0 amide bonds. The highest BCUT2D eigenvalue weighted by Crippen LogP contribution is 2.08. The van der Waals surface area contributed by atoms with E-state index < -0.39 is 5.97 Å². The lowest BCUT2D eigenvalue weighted by Gasteiger charge is -1.93. The zero-order valence-corrected chi connectivity index (χ0v) is 10.4. The molecule has 0 atom stereocenters. The molecule has 96 valence electrons. The van der Waals surface area contributed by atoms with Crippen molar-refractivity contribution in [1.29, 1.82) is 0 Å². The first-order chi connectivity index (χ1) is 9.72. The molecule has 0 saturated carbocycles. The molecular weight excluding hydrogens is 252 g/mol. The quantitative estimate of drug-likeness (QED) is 0.685. The highest BCUT2D eigenvalue weighted by Gasteiger charge is 2.08. The highest BCUT2D eigenvalue weighted by molar-refractivity contribution is 5.86. The lowest BCUT2D eigenvalue weighted by atomic mass is 10.2. The van der Waals surface area contributed by atoms with Gasteiger partial charge in [0.25, 0.3) is 0 Å². The maximum atomic E-state index is 10.9. The minimum absolute atomic E-state index is 0.0261. The summed E-state index contributed by atoms with van der Waals surface area (Å²) in [5.74, 6) is 5.06. The lowest BCUT2D eigenvalue weighted by Crippen LogP contribution is -1.94. The molecule has 0 aliphatic heterocycles. The number of nitrogens with zero attached hydrogens (tertiary/aromatic N) is 2. The Morgan fingerprint density at radius 3 is 2.60 bits per heavy atom. The third kappa shape index (κ3) is 2.38. The van der Waals surface area contributed by atoms with Crippen molar-refractivity contribution < 1.29 is 9.90 Å². The average molecular weight is 262 g/mol. The van der Waals surface area contributed by atoms with Crippen LogP contribution < -0.4 is 0 Å². The number of carboxylic acids is 1. The van der Waals surface area contributed by atoms with E-state index in [1.54, 1.807) is 16.7 Å². The second kappa shape index (κ2) is 4.90. The Kier molecular flexibility index (Phi) is 2.94. The van der Waals surface area contributed by atoms with Crippen molar-refractivity contribution in [2.24, 2.45) is 0 Å². The van der Waals surface area contributed by atoms with Crippen molar-refractivity contribution >= 4 is 11.6 Å². The van der Waals surface area contributed by atoms with E-state index in [1.807, 2.05) is 36.4 Å². The van der Waals surface area contributed by atoms with Crippen LogP contribution in [-0.2, 0) is 0 Å². The fourth-order valence-electron chi connectivity index (χ4n) is 1.83. The molecule has 3 rings (SSSR count). The van der Waals surface area contributed by atoms with Crippen LogP contribution in [0.1, 0.15) is 21.6 Å². The molecule has 0 aliphatic carbocycles. The van der Waals surface area contributed by atoms with Crippen molar-refractivity contribution in [3.05, 3.63) is 71.7 Å². The number of imidazole rings is 1. The van der Waals surface area contributed by atoms with Crippen LogP contribution in [0.2, 0.25) is 0 Å². The molecule has 0 saturated heterocycles. The SMILES string of the molecule is O=C(O)c1cn2ccc(C#Cc3ccccc3)cc2n1. The third-order valence-electron chi connectivity index (χ3n) is 2.80. The molecule has 1 aromatic carbocycles. The van der Waals surface area contributed by atoms with Gasteiger partial charge in [-0.15, -0.1) is 0 Å². The number of fused-ring (bicyclic) bond motifs is 1. The first-order valence-corrected chi connectivity index (χ1v) is 6.01. The largest absolute Gasteiger partial charge is 0.476 e. The summed E-state index contributed by atoms with van der Waals surface area (Å²) in [5, 5.41) is 8.90. The van der Waals surface area contributed by atoms with E-state index in [1.165, 1.54) is 6.20 Å². The van der Waals surface area contributed by atoms with Crippen LogP contribution in [0.4, 0.5) is 0 Å². The lowest BCUT2D eigenvalue weighted by molar-refractivity contribution is 0.0691. The second-order valence-corrected chi connectivity index (χ2v) is 4.23. The van der Waals surface area contributed by atoms with Crippen LogP contribution in [0, 0.1) is 11.8 Å². The van der Waals surface area contributed by atoms with Gasteiger partial charge in [-0.25, -0.2) is 9.78 Å². The maximum absolute atomic E-state index is 10.9. The Morgan fingerprint density at radius 1 is 1.10 bits per heavy atom.